The van der Waals surface area contributed by atoms with E-state index in [1.54, 1.807) is 18.2 Å². The van der Waals surface area contributed by atoms with Crippen LogP contribution >= 0.6 is 27.5 Å². The van der Waals surface area contributed by atoms with Gasteiger partial charge in [-0.25, -0.2) is 4.79 Å². The Morgan fingerprint density at radius 3 is 2.72 bits per heavy atom. The number of nitrogens with one attached hydrogen (secondary N) is 1. The number of rotatable bonds is 5. The molecule has 0 aliphatic heterocycles. The molecule has 0 aromatic heterocycles. The summed E-state index contributed by atoms with van der Waals surface area (Å²) in [5.41, 5.74) is 0.381. The average Bonchev–Trinajstić information content (AvgIpc) is 2.32. The molecule has 1 atom stereocenters. The highest BCUT2D eigenvalue weighted by Crippen LogP contribution is 2.23. The number of hydrogen-bond acceptors (Lipinski definition) is 3. The average molecular weight is 337 g/mol. The number of halogens is 2. The van der Waals surface area contributed by atoms with Crippen LogP contribution in [0.4, 0.5) is 0 Å². The van der Waals surface area contributed by atoms with Crippen molar-refractivity contribution in [2.45, 2.75) is 6.10 Å². The van der Waals surface area contributed by atoms with Crippen molar-refractivity contribution in [3.05, 3.63) is 33.3 Å². The standard InChI is InChI=1S/C11H11BrClNO4/c1-18-9(11(16)17)5-14-10(15)6-2-3-8(13)7(12)4-6/h2-4,9H,5H2,1H3,(H,14,15)(H,16,17). The van der Waals surface area contributed by atoms with Crippen LogP contribution < -0.4 is 5.32 Å². The topological polar surface area (TPSA) is 75.6 Å². The van der Waals surface area contributed by atoms with E-state index in [0.29, 0.717) is 15.1 Å². The van der Waals surface area contributed by atoms with E-state index in [4.69, 9.17) is 21.4 Å². The molecule has 0 saturated carbocycles. The van der Waals surface area contributed by atoms with Crippen molar-refractivity contribution in [2.24, 2.45) is 0 Å². The third kappa shape index (κ3) is 3.97. The van der Waals surface area contributed by atoms with Gasteiger partial charge < -0.3 is 15.2 Å². The molecular formula is C11H11BrClNO4. The Labute approximate surface area is 117 Å². The van der Waals surface area contributed by atoms with Crippen molar-refractivity contribution in [2.75, 3.05) is 13.7 Å². The summed E-state index contributed by atoms with van der Waals surface area (Å²) in [5.74, 6) is -1.52. The zero-order valence-corrected chi connectivity index (χ0v) is 11.8. The predicted octanol–water partition coefficient (Wildman–Crippen LogP) is 1.93. The van der Waals surface area contributed by atoms with Gasteiger partial charge in [0.25, 0.3) is 5.91 Å². The van der Waals surface area contributed by atoms with Crippen LogP contribution in [0.15, 0.2) is 22.7 Å². The molecule has 18 heavy (non-hydrogen) atoms. The van der Waals surface area contributed by atoms with Gasteiger partial charge in [0.05, 0.1) is 11.6 Å². The van der Waals surface area contributed by atoms with E-state index in [1.165, 1.54) is 7.11 Å². The van der Waals surface area contributed by atoms with Crippen LogP contribution in [0.3, 0.4) is 0 Å². The van der Waals surface area contributed by atoms with Crippen molar-refractivity contribution in [1.82, 2.24) is 5.32 Å². The Bertz CT molecular complexity index is 466. The smallest absolute Gasteiger partial charge is 0.334 e. The Hall–Kier alpha value is -1.11. The maximum Gasteiger partial charge on any atom is 0.334 e. The number of benzene rings is 1. The van der Waals surface area contributed by atoms with Crippen molar-refractivity contribution >= 4 is 39.4 Å². The number of methoxy groups -OCH3 is 1. The van der Waals surface area contributed by atoms with Gasteiger partial charge in [0.2, 0.25) is 0 Å². The molecule has 1 amide bonds. The van der Waals surface area contributed by atoms with Crippen LogP contribution in [0, 0.1) is 0 Å². The SMILES string of the molecule is COC(CNC(=O)c1ccc(Cl)c(Br)c1)C(=O)O. The molecule has 0 heterocycles. The number of hydrogen-bond donors (Lipinski definition) is 2. The largest absolute Gasteiger partial charge is 0.479 e. The molecule has 7 heteroatoms. The van der Waals surface area contributed by atoms with Crippen molar-refractivity contribution < 1.29 is 19.4 Å². The maximum absolute atomic E-state index is 11.7. The summed E-state index contributed by atoms with van der Waals surface area (Å²) >= 11 is 9.00. The number of aliphatic carboxylic acids is 1. The second-order valence-electron chi connectivity index (χ2n) is 3.40. The number of carbonyl (C=O) groups excluding carboxylic acids is 1. The van der Waals surface area contributed by atoms with E-state index in [-0.39, 0.29) is 6.54 Å². The highest BCUT2D eigenvalue weighted by molar-refractivity contribution is 9.10. The minimum absolute atomic E-state index is 0.106. The maximum atomic E-state index is 11.7. The van der Waals surface area contributed by atoms with Gasteiger partial charge >= 0.3 is 5.97 Å². The number of carbonyl (C=O) groups is 2. The van der Waals surface area contributed by atoms with E-state index in [0.717, 1.165) is 0 Å². The minimum Gasteiger partial charge on any atom is -0.479 e. The second kappa shape index (κ2) is 6.72. The molecule has 1 unspecified atom stereocenters. The van der Waals surface area contributed by atoms with Gasteiger partial charge in [0.15, 0.2) is 6.10 Å². The Balaban J connectivity index is 2.65. The van der Waals surface area contributed by atoms with Crippen LogP contribution in [-0.4, -0.2) is 36.7 Å². The summed E-state index contributed by atoms with van der Waals surface area (Å²) in [4.78, 5) is 22.4. The number of carboxylic acids is 1. The first kappa shape index (κ1) is 14.9. The van der Waals surface area contributed by atoms with Crippen LogP contribution in [0.2, 0.25) is 5.02 Å². The van der Waals surface area contributed by atoms with Crippen molar-refractivity contribution in [3.8, 4) is 0 Å². The molecule has 0 aliphatic carbocycles. The summed E-state index contributed by atoms with van der Waals surface area (Å²) in [6.07, 6.45) is -1.07. The zero-order valence-electron chi connectivity index (χ0n) is 9.44. The van der Waals surface area contributed by atoms with Gasteiger partial charge in [0, 0.05) is 17.1 Å². The van der Waals surface area contributed by atoms with E-state index in [9.17, 15) is 9.59 Å². The Kier molecular flexibility index (Phi) is 5.58. The van der Waals surface area contributed by atoms with E-state index >= 15 is 0 Å². The van der Waals surface area contributed by atoms with Gasteiger partial charge in [-0.05, 0) is 34.1 Å². The number of carboxylic acid groups (broad SMARTS) is 1. The van der Waals surface area contributed by atoms with Crippen LogP contribution in [0.1, 0.15) is 10.4 Å². The molecule has 0 radical (unpaired) electrons. The fourth-order valence-electron chi connectivity index (χ4n) is 1.20. The van der Waals surface area contributed by atoms with Crippen LogP contribution in [-0.2, 0) is 9.53 Å². The lowest BCUT2D eigenvalue weighted by molar-refractivity contribution is -0.148. The lowest BCUT2D eigenvalue weighted by Gasteiger charge is -2.11. The summed E-state index contributed by atoms with van der Waals surface area (Å²) in [5, 5.41) is 11.7. The van der Waals surface area contributed by atoms with Crippen molar-refractivity contribution in [1.29, 1.82) is 0 Å². The van der Waals surface area contributed by atoms with E-state index in [1.807, 2.05) is 0 Å². The fourth-order valence-corrected chi connectivity index (χ4v) is 1.69. The van der Waals surface area contributed by atoms with E-state index in [2.05, 4.69) is 21.2 Å². The summed E-state index contributed by atoms with van der Waals surface area (Å²) in [6, 6.07) is 4.68. The lowest BCUT2D eigenvalue weighted by atomic mass is 10.2. The van der Waals surface area contributed by atoms with Gasteiger partial charge in [0.1, 0.15) is 0 Å². The molecule has 0 saturated heterocycles. The van der Waals surface area contributed by atoms with Crippen LogP contribution in [0.5, 0.6) is 0 Å². The summed E-state index contributed by atoms with van der Waals surface area (Å²) < 4.78 is 5.29. The molecule has 0 aliphatic rings. The fraction of sp³-hybridized carbons (Fsp3) is 0.273. The third-order valence-corrected chi connectivity index (χ3v) is 3.40. The van der Waals surface area contributed by atoms with E-state index < -0.39 is 18.0 Å². The van der Waals surface area contributed by atoms with Crippen molar-refractivity contribution in [3.63, 3.8) is 0 Å². The highest BCUT2D eigenvalue weighted by Gasteiger charge is 2.17. The predicted molar refractivity (Wildman–Crippen MR) is 69.9 cm³/mol. The zero-order chi connectivity index (χ0) is 13.7. The molecule has 0 bridgehead atoms. The second-order valence-corrected chi connectivity index (χ2v) is 4.66. The molecular weight excluding hydrogens is 325 g/mol. The minimum atomic E-state index is -1.13. The summed E-state index contributed by atoms with van der Waals surface area (Å²) in [6.45, 7) is -0.106. The van der Waals surface area contributed by atoms with Gasteiger partial charge in [-0.2, -0.15) is 0 Å². The lowest BCUT2D eigenvalue weighted by Crippen LogP contribution is -2.37. The molecule has 2 N–H and O–H groups in total. The third-order valence-electron chi connectivity index (χ3n) is 2.19. The Morgan fingerprint density at radius 2 is 2.22 bits per heavy atom. The first-order chi connectivity index (χ1) is 8.45. The van der Waals surface area contributed by atoms with Crippen LogP contribution in [0.25, 0.3) is 0 Å². The highest BCUT2D eigenvalue weighted by atomic mass is 79.9. The van der Waals surface area contributed by atoms with Gasteiger partial charge in [-0.3, -0.25) is 4.79 Å². The monoisotopic (exact) mass is 335 g/mol. The molecule has 1 rings (SSSR count). The molecule has 0 fully saturated rings. The molecule has 98 valence electrons. The number of ether oxygens (including phenoxy) is 1. The number of amides is 1. The molecule has 1 aromatic rings. The summed E-state index contributed by atoms with van der Waals surface area (Å²) in [7, 11) is 1.27. The van der Waals surface area contributed by atoms with Gasteiger partial charge in [-0.1, -0.05) is 11.6 Å². The first-order valence-corrected chi connectivity index (χ1v) is 6.11. The molecule has 0 spiro atoms. The Morgan fingerprint density at radius 1 is 1.56 bits per heavy atom. The normalized spacial score (nSPS) is 11.9. The first-order valence-electron chi connectivity index (χ1n) is 4.94. The molecule has 1 aromatic carbocycles. The van der Waals surface area contributed by atoms with Gasteiger partial charge in [-0.15, -0.1) is 0 Å². The molecule has 5 nitrogen and oxygen atoms in total. The quantitative estimate of drug-likeness (QED) is 0.861.